The Morgan fingerprint density at radius 2 is 1.55 bits per heavy atom. The number of nitrogen functional groups attached to an aromatic ring is 1. The van der Waals surface area contributed by atoms with Crippen LogP contribution >= 0.6 is 0 Å². The number of hydrogen-bond acceptors (Lipinski definition) is 9. The first-order valence-electron chi connectivity index (χ1n) is 11.9. The summed E-state index contributed by atoms with van der Waals surface area (Å²) in [5, 5.41) is 0. The normalized spacial score (nSPS) is 21.1. The minimum atomic E-state index is -1.94. The molecule has 1 saturated heterocycles. The molecule has 2 N–H and O–H groups in total. The van der Waals surface area contributed by atoms with E-state index in [0.717, 1.165) is 10.9 Å². The Kier molecular flexibility index (Phi) is 7.77. The molecule has 0 unspecified atom stereocenters. The van der Waals surface area contributed by atoms with Gasteiger partial charge >= 0.3 is 17.9 Å². The molecule has 10 nitrogen and oxygen atoms in total. The maximum absolute atomic E-state index is 15.8. The number of aromatic nitrogens is 2. The summed E-state index contributed by atoms with van der Waals surface area (Å²) < 4.78 is 38.9. The maximum Gasteiger partial charge on any atom is 0.361 e. The fourth-order valence-corrected chi connectivity index (χ4v) is 3.83. The number of nitrogens with zero attached hydrogens (tertiary/aromatic N) is 2. The van der Waals surface area contributed by atoms with Crippen LogP contribution in [-0.2, 0) is 18.9 Å². The van der Waals surface area contributed by atoms with E-state index in [4.69, 9.17) is 24.7 Å². The highest BCUT2D eigenvalue weighted by molar-refractivity contribution is 5.92. The number of rotatable bonds is 7. The fourth-order valence-electron chi connectivity index (χ4n) is 3.83. The second kappa shape index (κ2) is 11.0. The van der Waals surface area contributed by atoms with Crippen molar-refractivity contribution in [2.45, 2.75) is 51.0 Å². The average Bonchev–Trinajstić information content (AvgIpc) is 3.41. The van der Waals surface area contributed by atoms with Gasteiger partial charge in [-0.1, -0.05) is 36.4 Å². The van der Waals surface area contributed by atoms with Gasteiger partial charge < -0.3 is 24.7 Å². The number of hydrogen-bond donors (Lipinski definition) is 1. The van der Waals surface area contributed by atoms with Gasteiger partial charge in [0.15, 0.2) is 24.2 Å². The monoisotopic (exact) mass is 525 g/mol. The van der Waals surface area contributed by atoms with Crippen molar-refractivity contribution in [2.24, 2.45) is 0 Å². The van der Waals surface area contributed by atoms with Crippen LogP contribution in [0.3, 0.4) is 0 Å². The van der Waals surface area contributed by atoms with E-state index in [1.807, 2.05) is 0 Å². The Bertz CT molecular complexity index is 1290. The summed E-state index contributed by atoms with van der Waals surface area (Å²) in [5.41, 5.74) is 5.59. The lowest BCUT2D eigenvalue weighted by atomic mass is 10.1. The number of imidazole rings is 1. The average molecular weight is 526 g/mol. The first kappa shape index (κ1) is 26.8. The molecule has 4 rings (SSSR count). The summed E-state index contributed by atoms with van der Waals surface area (Å²) in [6.45, 7) is 4.64. The third-order valence-corrected chi connectivity index (χ3v) is 5.61. The number of benzene rings is 2. The lowest BCUT2D eigenvalue weighted by Gasteiger charge is -2.20. The van der Waals surface area contributed by atoms with E-state index >= 15 is 4.39 Å². The molecule has 0 radical (unpaired) electrons. The molecule has 1 aliphatic rings. The summed E-state index contributed by atoms with van der Waals surface area (Å²) in [7, 11) is 0. The zero-order valence-corrected chi connectivity index (χ0v) is 21.1. The molecule has 0 spiro atoms. The standard InChI is InChI=1S/C27H28FN3O7/c1-27(2,3)38-26(34)20-22(29)31(15-30-20)23-19(28)21(37-25(33)17-12-8-5-9-13-17)18(36-23)14-35-24(32)16-10-6-4-7-11-16/h4-13,15,18-19,21,23H,14,29H2,1-3H3/t18-,19-,21-,23-/m1/s1. The summed E-state index contributed by atoms with van der Waals surface area (Å²) >= 11 is 0. The lowest BCUT2D eigenvalue weighted by molar-refractivity contribution is -0.0574. The molecule has 2 aromatic carbocycles. The summed E-state index contributed by atoms with van der Waals surface area (Å²) in [4.78, 5) is 41.7. The topological polar surface area (TPSA) is 132 Å². The van der Waals surface area contributed by atoms with E-state index in [-0.39, 0.29) is 22.6 Å². The number of ether oxygens (including phenoxy) is 4. The van der Waals surface area contributed by atoms with Crippen LogP contribution in [0.1, 0.15) is 58.2 Å². The number of carbonyl (C=O) groups is 3. The SMILES string of the molecule is CC(C)(C)OC(=O)c1ncn([C@@H]2O[C@H](COC(=O)c3ccccc3)[C@@H](OC(=O)c3ccccc3)[C@H]2F)c1N. The second-order valence-electron chi connectivity index (χ2n) is 9.60. The van der Waals surface area contributed by atoms with Crippen molar-refractivity contribution in [3.8, 4) is 0 Å². The summed E-state index contributed by atoms with van der Waals surface area (Å²) in [5.74, 6) is -2.42. The van der Waals surface area contributed by atoms with E-state index in [1.54, 1.807) is 69.3 Å². The molecule has 4 atom stereocenters. The molecule has 200 valence electrons. The van der Waals surface area contributed by atoms with Crippen LogP contribution in [0.2, 0.25) is 0 Å². The van der Waals surface area contributed by atoms with Gasteiger partial charge in [0.2, 0.25) is 0 Å². The fraction of sp³-hybridized carbons (Fsp3) is 0.333. The van der Waals surface area contributed by atoms with Gasteiger partial charge in [-0.15, -0.1) is 0 Å². The number of carbonyl (C=O) groups excluding carboxylic acids is 3. The largest absolute Gasteiger partial charge is 0.459 e. The molecule has 0 saturated carbocycles. The van der Waals surface area contributed by atoms with Crippen LogP contribution < -0.4 is 5.73 Å². The van der Waals surface area contributed by atoms with Crippen molar-refractivity contribution in [3.63, 3.8) is 0 Å². The molecular formula is C27H28FN3O7. The third-order valence-electron chi connectivity index (χ3n) is 5.61. The van der Waals surface area contributed by atoms with Gasteiger partial charge in [0.1, 0.15) is 24.1 Å². The van der Waals surface area contributed by atoms with Crippen LogP contribution in [0.25, 0.3) is 0 Å². The molecule has 1 aromatic heterocycles. The minimum Gasteiger partial charge on any atom is -0.459 e. The predicted molar refractivity (Wildman–Crippen MR) is 133 cm³/mol. The third kappa shape index (κ3) is 6.00. The summed E-state index contributed by atoms with van der Waals surface area (Å²) in [6, 6.07) is 16.3. The van der Waals surface area contributed by atoms with E-state index < -0.39 is 54.7 Å². The smallest absolute Gasteiger partial charge is 0.361 e. The van der Waals surface area contributed by atoms with Crippen molar-refractivity contribution in [2.75, 3.05) is 12.3 Å². The zero-order valence-electron chi connectivity index (χ0n) is 21.1. The summed E-state index contributed by atoms with van der Waals surface area (Å²) in [6.07, 6.45) is -4.86. The molecule has 3 aromatic rings. The quantitative estimate of drug-likeness (QED) is 0.362. The van der Waals surface area contributed by atoms with Crippen LogP contribution in [0, 0.1) is 0 Å². The highest BCUT2D eigenvalue weighted by Gasteiger charge is 2.50. The zero-order chi connectivity index (χ0) is 27.4. The molecule has 11 heteroatoms. The van der Waals surface area contributed by atoms with Crippen LogP contribution in [0.5, 0.6) is 0 Å². The lowest BCUT2D eigenvalue weighted by Crippen LogP contribution is -2.37. The van der Waals surface area contributed by atoms with Gasteiger partial charge in [0.05, 0.1) is 17.5 Å². The highest BCUT2D eigenvalue weighted by Crippen LogP contribution is 2.36. The van der Waals surface area contributed by atoms with Crippen LogP contribution in [-0.4, -0.2) is 58.0 Å². The van der Waals surface area contributed by atoms with Crippen molar-refractivity contribution in [3.05, 3.63) is 83.8 Å². The Morgan fingerprint density at radius 1 is 0.974 bits per heavy atom. The highest BCUT2D eigenvalue weighted by atomic mass is 19.1. The van der Waals surface area contributed by atoms with Gasteiger partial charge in [-0.25, -0.2) is 23.8 Å². The number of esters is 3. The maximum atomic E-state index is 15.8. The second-order valence-corrected chi connectivity index (χ2v) is 9.60. The van der Waals surface area contributed by atoms with E-state index in [9.17, 15) is 14.4 Å². The molecular weight excluding hydrogens is 497 g/mol. The Hall–Kier alpha value is -4.25. The molecule has 0 bridgehead atoms. The van der Waals surface area contributed by atoms with Crippen molar-refractivity contribution >= 4 is 23.7 Å². The van der Waals surface area contributed by atoms with E-state index in [0.29, 0.717) is 0 Å². The number of anilines is 1. The van der Waals surface area contributed by atoms with Gasteiger partial charge in [-0.2, -0.15) is 0 Å². The molecule has 2 heterocycles. The Balaban J connectivity index is 1.56. The van der Waals surface area contributed by atoms with E-state index in [2.05, 4.69) is 4.98 Å². The molecule has 38 heavy (non-hydrogen) atoms. The van der Waals surface area contributed by atoms with Crippen molar-refractivity contribution < 1.29 is 37.7 Å². The number of nitrogens with two attached hydrogens (primary N) is 1. The molecule has 1 aliphatic heterocycles. The molecule has 0 amide bonds. The first-order valence-corrected chi connectivity index (χ1v) is 11.9. The van der Waals surface area contributed by atoms with Crippen molar-refractivity contribution in [1.82, 2.24) is 9.55 Å². The van der Waals surface area contributed by atoms with Gasteiger partial charge in [-0.05, 0) is 45.0 Å². The molecule has 0 aliphatic carbocycles. The van der Waals surface area contributed by atoms with E-state index in [1.165, 1.54) is 12.1 Å². The van der Waals surface area contributed by atoms with Crippen molar-refractivity contribution in [1.29, 1.82) is 0 Å². The van der Waals surface area contributed by atoms with Crippen LogP contribution in [0.4, 0.5) is 10.2 Å². The van der Waals surface area contributed by atoms with Gasteiger partial charge in [-0.3, -0.25) is 4.57 Å². The van der Waals surface area contributed by atoms with Crippen LogP contribution in [0.15, 0.2) is 67.0 Å². The van der Waals surface area contributed by atoms with Gasteiger partial charge in [0, 0.05) is 0 Å². The number of halogens is 1. The minimum absolute atomic E-state index is 0.193. The Morgan fingerprint density at radius 3 is 2.13 bits per heavy atom. The molecule has 1 fully saturated rings. The predicted octanol–water partition coefficient (Wildman–Crippen LogP) is 3.74. The number of alkyl halides is 1. The Labute approximate surface area is 218 Å². The first-order chi connectivity index (χ1) is 18.0. The van der Waals surface area contributed by atoms with Gasteiger partial charge in [0.25, 0.3) is 0 Å².